The highest BCUT2D eigenvalue weighted by atomic mass is 19.4. The number of pyridine rings is 1. The van der Waals surface area contributed by atoms with Gasteiger partial charge in [-0.2, -0.15) is 13.2 Å². The smallest absolute Gasteiger partial charge is 0.401 e. The number of anilines is 1. The van der Waals surface area contributed by atoms with Gasteiger partial charge in [-0.05, 0) is 12.1 Å². The molecular weight excluding hydrogens is 389 g/mol. The summed E-state index contributed by atoms with van der Waals surface area (Å²) in [4.78, 5) is 19.9. The van der Waals surface area contributed by atoms with Crippen LogP contribution < -0.4 is 15.0 Å². The summed E-state index contributed by atoms with van der Waals surface area (Å²) in [7, 11) is 1.53. The van der Waals surface area contributed by atoms with Crippen molar-refractivity contribution in [2.45, 2.75) is 6.18 Å². The lowest BCUT2D eigenvalue weighted by molar-refractivity contribution is -0.146. The zero-order valence-corrected chi connectivity index (χ0v) is 16.0. The Bertz CT molecular complexity index is 868. The van der Waals surface area contributed by atoms with Gasteiger partial charge in [-0.15, -0.1) is 0 Å². The van der Waals surface area contributed by atoms with Gasteiger partial charge in [0.15, 0.2) is 0 Å². The van der Waals surface area contributed by atoms with Gasteiger partial charge in [0.2, 0.25) is 0 Å². The van der Waals surface area contributed by atoms with E-state index in [9.17, 15) is 18.0 Å². The molecule has 0 unspecified atom stereocenters. The number of piperazine rings is 1. The number of carbonyl (C=O) groups excluding carboxylic acids is 1. The van der Waals surface area contributed by atoms with Gasteiger partial charge in [0.05, 0.1) is 37.0 Å². The molecule has 3 rings (SSSR count). The quantitative estimate of drug-likeness (QED) is 0.752. The van der Waals surface area contributed by atoms with Crippen molar-refractivity contribution in [3.63, 3.8) is 0 Å². The Morgan fingerprint density at radius 2 is 1.97 bits per heavy atom. The molecule has 0 radical (unpaired) electrons. The number of benzene rings is 1. The Labute approximate surface area is 166 Å². The maximum absolute atomic E-state index is 12.6. The van der Waals surface area contributed by atoms with Crippen LogP contribution in [0.25, 0.3) is 10.9 Å². The Morgan fingerprint density at radius 3 is 2.59 bits per heavy atom. The molecule has 158 valence electrons. The van der Waals surface area contributed by atoms with Crippen molar-refractivity contribution in [1.29, 1.82) is 0 Å². The third-order valence-corrected chi connectivity index (χ3v) is 4.75. The summed E-state index contributed by atoms with van der Waals surface area (Å²) in [6, 6.07) is 5.25. The van der Waals surface area contributed by atoms with Gasteiger partial charge in [0, 0.05) is 50.4 Å². The minimum atomic E-state index is -4.21. The van der Waals surface area contributed by atoms with Crippen molar-refractivity contribution >= 4 is 22.5 Å². The number of halogens is 3. The number of carbonyl (C=O) groups is 1. The lowest BCUT2D eigenvalue weighted by Gasteiger charge is -2.36. The number of ether oxygens (including phenoxy) is 1. The van der Waals surface area contributed by atoms with Gasteiger partial charge in [-0.3, -0.25) is 14.7 Å². The molecule has 0 spiro atoms. The SMILES string of the molecule is COc1cc(N2CCN(CC(F)(F)F)CC2)c2ncc(C(=O)NCCO)cc2c1. The van der Waals surface area contributed by atoms with Crippen molar-refractivity contribution in [2.75, 3.05) is 57.9 Å². The lowest BCUT2D eigenvalue weighted by Crippen LogP contribution is -2.49. The summed E-state index contributed by atoms with van der Waals surface area (Å²) >= 11 is 0. The number of rotatable bonds is 6. The van der Waals surface area contributed by atoms with Crippen LogP contribution in [-0.4, -0.2) is 80.1 Å². The van der Waals surface area contributed by atoms with Gasteiger partial charge >= 0.3 is 6.18 Å². The molecule has 1 amide bonds. The van der Waals surface area contributed by atoms with Crippen LogP contribution in [0, 0.1) is 0 Å². The fraction of sp³-hybridized carbons (Fsp3) is 0.474. The molecule has 0 atom stereocenters. The average molecular weight is 412 g/mol. The summed E-state index contributed by atoms with van der Waals surface area (Å²) in [6.45, 7) is 0.509. The molecule has 2 N–H and O–H groups in total. The number of hydrogen-bond acceptors (Lipinski definition) is 6. The van der Waals surface area contributed by atoms with Crippen molar-refractivity contribution in [2.24, 2.45) is 0 Å². The van der Waals surface area contributed by atoms with Crippen LogP contribution in [0.5, 0.6) is 5.75 Å². The van der Waals surface area contributed by atoms with Gasteiger partial charge in [-0.1, -0.05) is 0 Å². The number of aromatic nitrogens is 1. The van der Waals surface area contributed by atoms with Crippen LogP contribution >= 0.6 is 0 Å². The first-order chi connectivity index (χ1) is 13.8. The summed E-state index contributed by atoms with van der Waals surface area (Å²) in [5.41, 5.74) is 1.75. The van der Waals surface area contributed by atoms with Crippen molar-refractivity contribution < 1.29 is 27.8 Å². The Kier molecular flexibility index (Phi) is 6.43. The monoisotopic (exact) mass is 412 g/mol. The topological polar surface area (TPSA) is 77.9 Å². The Morgan fingerprint density at radius 1 is 1.24 bits per heavy atom. The summed E-state index contributed by atoms with van der Waals surface area (Å²) < 4.78 is 43.2. The van der Waals surface area contributed by atoms with Crippen LogP contribution in [0.4, 0.5) is 18.9 Å². The summed E-state index contributed by atoms with van der Waals surface area (Å²) in [5.74, 6) is 0.221. The van der Waals surface area contributed by atoms with E-state index in [1.54, 1.807) is 18.2 Å². The average Bonchev–Trinajstić information content (AvgIpc) is 2.70. The Balaban J connectivity index is 1.85. The van der Waals surface area contributed by atoms with Gasteiger partial charge in [0.25, 0.3) is 5.91 Å². The number of fused-ring (bicyclic) bond motifs is 1. The molecule has 1 saturated heterocycles. The zero-order chi connectivity index (χ0) is 21.0. The van der Waals surface area contributed by atoms with E-state index < -0.39 is 12.7 Å². The number of amides is 1. The molecule has 0 bridgehead atoms. The van der Waals surface area contributed by atoms with E-state index in [2.05, 4.69) is 10.3 Å². The molecule has 1 aliphatic heterocycles. The highest BCUT2D eigenvalue weighted by Crippen LogP contribution is 2.32. The number of nitrogens with zero attached hydrogens (tertiary/aromatic N) is 3. The van der Waals surface area contributed by atoms with Crippen LogP contribution in [0.1, 0.15) is 10.4 Å². The molecule has 0 saturated carbocycles. The van der Waals surface area contributed by atoms with Crippen LogP contribution in [-0.2, 0) is 0 Å². The van der Waals surface area contributed by atoms with E-state index in [-0.39, 0.29) is 19.1 Å². The zero-order valence-electron chi connectivity index (χ0n) is 16.0. The van der Waals surface area contributed by atoms with Crippen molar-refractivity contribution in [1.82, 2.24) is 15.2 Å². The van der Waals surface area contributed by atoms with Gasteiger partial charge < -0.3 is 20.1 Å². The van der Waals surface area contributed by atoms with E-state index in [4.69, 9.17) is 9.84 Å². The third-order valence-electron chi connectivity index (χ3n) is 4.75. The number of methoxy groups -OCH3 is 1. The minimum absolute atomic E-state index is 0.141. The number of aliphatic hydroxyl groups is 1. The third kappa shape index (κ3) is 5.27. The first-order valence-corrected chi connectivity index (χ1v) is 9.21. The normalized spacial score (nSPS) is 15.6. The largest absolute Gasteiger partial charge is 0.497 e. The van der Waals surface area contributed by atoms with E-state index in [0.29, 0.717) is 48.4 Å². The van der Waals surface area contributed by atoms with Crippen LogP contribution in [0.2, 0.25) is 0 Å². The molecular formula is C19H23F3N4O3. The molecule has 0 aliphatic carbocycles. The highest BCUT2D eigenvalue weighted by Gasteiger charge is 2.32. The maximum Gasteiger partial charge on any atom is 0.401 e. The first kappa shape index (κ1) is 21.1. The van der Waals surface area contributed by atoms with E-state index in [1.807, 2.05) is 4.90 Å². The standard InChI is InChI=1S/C19H23F3N4O3/c1-29-15-9-13-8-14(18(28)23-2-7-27)11-24-17(13)16(10-15)26-5-3-25(4-6-26)12-19(20,21)22/h8-11,27H,2-7,12H2,1H3,(H,23,28). The number of nitrogens with one attached hydrogen (secondary N) is 1. The maximum atomic E-state index is 12.6. The molecule has 1 aromatic heterocycles. The molecule has 1 aromatic carbocycles. The Hall–Kier alpha value is -2.59. The molecule has 1 aliphatic rings. The fourth-order valence-corrected chi connectivity index (χ4v) is 3.36. The van der Waals surface area contributed by atoms with E-state index >= 15 is 0 Å². The lowest BCUT2D eigenvalue weighted by atomic mass is 10.1. The first-order valence-electron chi connectivity index (χ1n) is 9.21. The number of aliphatic hydroxyl groups excluding tert-OH is 1. The predicted octanol–water partition coefficient (Wildman–Crippen LogP) is 1.65. The number of alkyl halides is 3. The number of hydrogen-bond donors (Lipinski definition) is 2. The van der Waals surface area contributed by atoms with Gasteiger partial charge in [-0.25, -0.2) is 0 Å². The second-order valence-corrected chi connectivity index (χ2v) is 6.80. The van der Waals surface area contributed by atoms with Crippen molar-refractivity contribution in [3.8, 4) is 5.75 Å². The molecule has 2 heterocycles. The molecule has 29 heavy (non-hydrogen) atoms. The van der Waals surface area contributed by atoms with Crippen LogP contribution in [0.15, 0.2) is 24.4 Å². The van der Waals surface area contributed by atoms with E-state index in [1.165, 1.54) is 18.2 Å². The summed E-state index contributed by atoms with van der Waals surface area (Å²) in [6.07, 6.45) is -2.76. The van der Waals surface area contributed by atoms with E-state index in [0.717, 1.165) is 5.69 Å². The second kappa shape index (κ2) is 8.83. The molecule has 7 nitrogen and oxygen atoms in total. The summed E-state index contributed by atoms with van der Waals surface area (Å²) in [5, 5.41) is 12.1. The molecule has 1 fully saturated rings. The van der Waals surface area contributed by atoms with Gasteiger partial charge in [0.1, 0.15) is 5.75 Å². The predicted molar refractivity (Wildman–Crippen MR) is 102 cm³/mol. The molecule has 10 heteroatoms. The van der Waals surface area contributed by atoms with Crippen molar-refractivity contribution in [3.05, 3.63) is 30.0 Å². The van der Waals surface area contributed by atoms with Crippen LogP contribution in [0.3, 0.4) is 0 Å². The fourth-order valence-electron chi connectivity index (χ4n) is 3.36. The minimum Gasteiger partial charge on any atom is -0.497 e. The highest BCUT2D eigenvalue weighted by molar-refractivity contribution is 6.00. The second-order valence-electron chi connectivity index (χ2n) is 6.80. The molecule has 2 aromatic rings.